The van der Waals surface area contributed by atoms with Gasteiger partial charge in [-0.05, 0) is 77.7 Å². The number of hydrogen-bond acceptors (Lipinski definition) is 5. The molecule has 0 bridgehead atoms. The molecule has 3 aromatic rings. The second kappa shape index (κ2) is 9.43. The minimum atomic E-state index is -1.34. The van der Waals surface area contributed by atoms with Crippen LogP contribution in [-0.4, -0.2) is 21.9 Å². The first kappa shape index (κ1) is 24.9. The Morgan fingerprint density at radius 3 is 2.56 bits per heavy atom. The lowest BCUT2D eigenvalue weighted by molar-refractivity contribution is -0.138. The third-order valence-electron chi connectivity index (χ3n) is 7.79. The standard InChI is InChI=1S/C31H24ClFN2O4/c1-2-18-3-13-26-29(37)35(34-24-10-8-23(33)9-11-24)30(38)31(26,21-4-6-22(32)7-5-21)28(18)20-15-19-16-25(36)12-14-27(19)39-17-20/h2-12,14,16-17,26,28,34,36H,1,13,15H2. The number of hydrogen-bond donors (Lipinski definition) is 2. The number of amides is 2. The van der Waals surface area contributed by atoms with Crippen LogP contribution in [-0.2, 0) is 21.4 Å². The average Bonchev–Trinajstić information content (AvgIpc) is 3.15. The molecule has 2 N–H and O–H groups in total. The number of imide groups is 1. The molecule has 0 saturated carbocycles. The van der Waals surface area contributed by atoms with Gasteiger partial charge in [0.1, 0.15) is 17.3 Å². The van der Waals surface area contributed by atoms with Crippen LogP contribution in [0.2, 0.25) is 5.02 Å². The van der Waals surface area contributed by atoms with Crippen LogP contribution in [0.15, 0.2) is 103 Å². The van der Waals surface area contributed by atoms with Gasteiger partial charge in [-0.3, -0.25) is 15.0 Å². The number of fused-ring (bicyclic) bond motifs is 2. The summed E-state index contributed by atoms with van der Waals surface area (Å²) >= 11 is 6.23. The fraction of sp³-hybridized carbons (Fsp3) is 0.161. The molecular weight excluding hydrogens is 519 g/mol. The molecule has 2 aliphatic heterocycles. The maximum atomic E-state index is 14.6. The lowest BCUT2D eigenvalue weighted by atomic mass is 9.55. The monoisotopic (exact) mass is 542 g/mol. The van der Waals surface area contributed by atoms with Gasteiger partial charge >= 0.3 is 0 Å². The number of anilines is 1. The Hall–Kier alpha value is -4.36. The van der Waals surface area contributed by atoms with Crippen LogP contribution < -0.4 is 10.2 Å². The average molecular weight is 543 g/mol. The number of allylic oxidation sites excluding steroid dienone is 4. The van der Waals surface area contributed by atoms with Crippen molar-refractivity contribution in [3.8, 4) is 11.5 Å². The largest absolute Gasteiger partial charge is 0.508 e. The van der Waals surface area contributed by atoms with Crippen LogP contribution >= 0.6 is 11.6 Å². The van der Waals surface area contributed by atoms with Crippen LogP contribution in [0.5, 0.6) is 11.5 Å². The molecule has 196 valence electrons. The normalized spacial score (nSPS) is 23.8. The van der Waals surface area contributed by atoms with E-state index in [1.165, 1.54) is 24.3 Å². The molecular formula is C31H24ClFN2O4. The molecule has 1 aliphatic carbocycles. The number of rotatable bonds is 5. The highest BCUT2D eigenvalue weighted by atomic mass is 35.5. The van der Waals surface area contributed by atoms with Gasteiger partial charge < -0.3 is 9.84 Å². The number of carbonyl (C=O) groups is 2. The van der Waals surface area contributed by atoms with Gasteiger partial charge in [0.2, 0.25) is 0 Å². The number of benzene rings is 3. The molecule has 39 heavy (non-hydrogen) atoms. The van der Waals surface area contributed by atoms with Gasteiger partial charge in [0.25, 0.3) is 11.8 Å². The third kappa shape index (κ3) is 3.92. The van der Waals surface area contributed by atoms with Gasteiger partial charge in [-0.2, -0.15) is 5.01 Å². The van der Waals surface area contributed by atoms with Crippen molar-refractivity contribution in [2.45, 2.75) is 18.3 Å². The van der Waals surface area contributed by atoms with Crippen molar-refractivity contribution >= 4 is 29.1 Å². The van der Waals surface area contributed by atoms with E-state index >= 15 is 0 Å². The van der Waals surface area contributed by atoms with E-state index in [1.807, 2.05) is 6.08 Å². The maximum absolute atomic E-state index is 14.6. The van der Waals surface area contributed by atoms with Crippen molar-refractivity contribution < 1.29 is 23.8 Å². The molecule has 6 nitrogen and oxygen atoms in total. The Bertz CT molecular complexity index is 1560. The van der Waals surface area contributed by atoms with Gasteiger partial charge in [0.05, 0.1) is 23.3 Å². The Morgan fingerprint density at radius 2 is 1.85 bits per heavy atom. The molecule has 0 aromatic heterocycles. The highest BCUT2D eigenvalue weighted by Gasteiger charge is 2.66. The number of nitrogens with zero attached hydrogens (tertiary/aromatic N) is 1. The SMILES string of the molecule is C=CC1=CCC2C(=O)N(Nc3ccc(F)cc3)C(=O)C2(c2ccc(Cl)cc2)C1C1=COc2ccc(O)cc2C1. The van der Waals surface area contributed by atoms with E-state index in [0.717, 1.165) is 21.7 Å². The number of ether oxygens (including phenoxy) is 1. The minimum absolute atomic E-state index is 0.105. The maximum Gasteiger partial charge on any atom is 0.260 e. The number of hydrazine groups is 1. The zero-order valence-electron chi connectivity index (χ0n) is 20.7. The summed E-state index contributed by atoms with van der Waals surface area (Å²) in [7, 11) is 0. The lowest BCUT2D eigenvalue weighted by Gasteiger charge is -2.44. The molecule has 1 fully saturated rings. The number of phenols is 1. The Morgan fingerprint density at radius 1 is 1.10 bits per heavy atom. The summed E-state index contributed by atoms with van der Waals surface area (Å²) in [5.41, 5.74) is 4.95. The fourth-order valence-corrected chi connectivity index (χ4v) is 6.23. The highest BCUT2D eigenvalue weighted by molar-refractivity contribution is 6.30. The molecule has 8 heteroatoms. The first-order chi connectivity index (χ1) is 18.8. The molecule has 3 unspecified atom stereocenters. The summed E-state index contributed by atoms with van der Waals surface area (Å²) in [6.07, 6.45) is 6.01. The molecule has 2 heterocycles. The summed E-state index contributed by atoms with van der Waals surface area (Å²) < 4.78 is 19.5. The Balaban J connectivity index is 1.52. The van der Waals surface area contributed by atoms with Crippen LogP contribution in [0.3, 0.4) is 0 Å². The van der Waals surface area contributed by atoms with Crippen LogP contribution in [0.4, 0.5) is 10.1 Å². The predicted octanol–water partition coefficient (Wildman–Crippen LogP) is 6.09. The van der Waals surface area contributed by atoms with Crippen molar-refractivity contribution in [2.75, 3.05) is 5.43 Å². The first-order valence-corrected chi connectivity index (χ1v) is 12.9. The molecule has 3 atom stereocenters. The van der Waals surface area contributed by atoms with Crippen LogP contribution in [0, 0.1) is 17.7 Å². The minimum Gasteiger partial charge on any atom is -0.508 e. The number of nitrogens with one attached hydrogen (secondary N) is 1. The molecule has 6 rings (SSSR count). The van der Waals surface area contributed by atoms with Gasteiger partial charge in [0, 0.05) is 22.9 Å². The van der Waals surface area contributed by atoms with Gasteiger partial charge in [-0.1, -0.05) is 42.5 Å². The van der Waals surface area contributed by atoms with Crippen molar-refractivity contribution in [3.05, 3.63) is 125 Å². The Kier molecular flexibility index (Phi) is 6.03. The first-order valence-electron chi connectivity index (χ1n) is 12.5. The van der Waals surface area contributed by atoms with Gasteiger partial charge in [-0.25, -0.2) is 4.39 Å². The zero-order valence-corrected chi connectivity index (χ0v) is 21.5. The number of aromatic hydroxyl groups is 1. The van der Waals surface area contributed by atoms with Crippen LogP contribution in [0.1, 0.15) is 17.5 Å². The molecule has 0 radical (unpaired) electrons. The molecule has 3 aliphatic rings. The summed E-state index contributed by atoms with van der Waals surface area (Å²) in [6, 6.07) is 17.3. The van der Waals surface area contributed by atoms with E-state index in [1.54, 1.807) is 54.8 Å². The fourth-order valence-electron chi connectivity index (χ4n) is 6.10. The van der Waals surface area contributed by atoms with E-state index in [4.69, 9.17) is 16.3 Å². The van der Waals surface area contributed by atoms with E-state index < -0.39 is 29.0 Å². The smallest absolute Gasteiger partial charge is 0.260 e. The summed E-state index contributed by atoms with van der Waals surface area (Å²) in [6.45, 7) is 4.02. The van der Waals surface area contributed by atoms with Crippen LogP contribution in [0.25, 0.3) is 0 Å². The predicted molar refractivity (Wildman–Crippen MR) is 145 cm³/mol. The van der Waals surface area contributed by atoms with Gasteiger partial charge in [-0.15, -0.1) is 0 Å². The van der Waals surface area contributed by atoms with Crippen molar-refractivity contribution in [1.29, 1.82) is 0 Å². The molecule has 1 saturated heterocycles. The number of carbonyl (C=O) groups excluding carboxylic acids is 2. The summed E-state index contributed by atoms with van der Waals surface area (Å²) in [5, 5.41) is 11.7. The van der Waals surface area contributed by atoms with Crippen molar-refractivity contribution in [3.63, 3.8) is 0 Å². The second-order valence-corrected chi connectivity index (χ2v) is 10.3. The van der Waals surface area contributed by atoms with E-state index in [9.17, 15) is 19.1 Å². The molecule has 0 spiro atoms. The number of phenolic OH excluding ortho intramolecular Hbond substituents is 1. The lowest BCUT2D eigenvalue weighted by Crippen LogP contribution is -2.51. The Labute approximate surface area is 229 Å². The number of halogens is 2. The third-order valence-corrected chi connectivity index (χ3v) is 8.04. The highest BCUT2D eigenvalue weighted by Crippen LogP contribution is 2.57. The van der Waals surface area contributed by atoms with Crippen molar-refractivity contribution in [1.82, 2.24) is 5.01 Å². The topological polar surface area (TPSA) is 78.9 Å². The molecule has 2 amide bonds. The molecule has 3 aromatic carbocycles. The zero-order chi connectivity index (χ0) is 27.3. The quantitative estimate of drug-likeness (QED) is 0.382. The van der Waals surface area contributed by atoms with Crippen molar-refractivity contribution in [2.24, 2.45) is 11.8 Å². The second-order valence-electron chi connectivity index (χ2n) is 9.88. The summed E-state index contributed by atoms with van der Waals surface area (Å²) in [5.74, 6) is -1.87. The van der Waals surface area contributed by atoms with E-state index in [2.05, 4.69) is 12.0 Å². The summed E-state index contributed by atoms with van der Waals surface area (Å²) in [4.78, 5) is 28.5. The van der Waals surface area contributed by atoms with Gasteiger partial charge in [0.15, 0.2) is 0 Å². The van der Waals surface area contributed by atoms with E-state index in [-0.39, 0.29) is 11.7 Å². The van der Waals surface area contributed by atoms with E-state index in [0.29, 0.717) is 34.9 Å².